The molecule has 4 aliphatic heterocycles. The molecule has 4 heterocycles. The number of hydrogen-bond donors (Lipinski definition) is 1. The largest absolute Gasteiger partial charge is 0.355 e. The van der Waals surface area contributed by atoms with Crippen molar-refractivity contribution >= 4 is 0 Å². The first-order valence-electron chi connectivity index (χ1n) is 8.31. The van der Waals surface area contributed by atoms with Crippen molar-refractivity contribution in [3.8, 4) is 0 Å². The van der Waals surface area contributed by atoms with Crippen molar-refractivity contribution < 1.29 is 19.0 Å². The third-order valence-corrected chi connectivity index (χ3v) is 6.50. The summed E-state index contributed by atoms with van der Waals surface area (Å²) >= 11 is 0. The Hall–Kier alpha value is -0.200. The second-order valence-corrected chi connectivity index (χ2v) is 7.63. The van der Waals surface area contributed by atoms with E-state index < -0.39 is 5.79 Å². The van der Waals surface area contributed by atoms with Gasteiger partial charge in [0.2, 0.25) is 0 Å². The van der Waals surface area contributed by atoms with E-state index in [0.717, 1.165) is 12.8 Å². The zero-order chi connectivity index (χ0) is 14.8. The highest BCUT2D eigenvalue weighted by molar-refractivity contribution is 5.12. The van der Waals surface area contributed by atoms with Crippen LogP contribution >= 0.6 is 0 Å². The average Bonchev–Trinajstić information content (AvgIpc) is 2.69. The lowest BCUT2D eigenvalue weighted by molar-refractivity contribution is -0.445. The van der Waals surface area contributed by atoms with Gasteiger partial charge in [-0.05, 0) is 37.5 Å². The lowest BCUT2D eigenvalue weighted by Crippen LogP contribution is -2.76. The van der Waals surface area contributed by atoms with Crippen LogP contribution in [0.25, 0.3) is 0 Å². The van der Waals surface area contributed by atoms with E-state index in [0.29, 0.717) is 23.7 Å². The highest BCUT2D eigenvalue weighted by Gasteiger charge is 2.67. The molecule has 0 aromatic carbocycles. The maximum atomic E-state index is 6.27. The van der Waals surface area contributed by atoms with Gasteiger partial charge in [-0.1, -0.05) is 20.3 Å². The normalized spacial score (nSPS) is 59.4. The van der Waals surface area contributed by atoms with Gasteiger partial charge in [-0.15, -0.1) is 0 Å². The molecule has 5 heteroatoms. The molecule has 0 radical (unpaired) electrons. The summed E-state index contributed by atoms with van der Waals surface area (Å²) in [5.74, 6) is 1.41. The molecule has 0 aromatic rings. The number of hydrogen-bond acceptors (Lipinski definition) is 5. The van der Waals surface area contributed by atoms with Crippen molar-refractivity contribution in [3.63, 3.8) is 0 Å². The van der Waals surface area contributed by atoms with Gasteiger partial charge >= 0.3 is 0 Å². The quantitative estimate of drug-likeness (QED) is 0.805. The fourth-order valence-electron chi connectivity index (χ4n) is 5.32. The van der Waals surface area contributed by atoms with E-state index in [4.69, 9.17) is 19.0 Å². The minimum absolute atomic E-state index is 0.190. The first kappa shape index (κ1) is 14.4. The van der Waals surface area contributed by atoms with E-state index in [-0.39, 0.29) is 18.1 Å². The van der Waals surface area contributed by atoms with Crippen LogP contribution in [0.1, 0.15) is 46.5 Å². The SMILES string of the molecule is CO[C@H]1O[C@@H]2O[C@@]3(C)CC[C@H]4[C@H](C)CC[C@@H]([C@H]1C)[C@@]24NO3. The maximum absolute atomic E-state index is 6.27. The Balaban J connectivity index is 1.79. The Morgan fingerprint density at radius 3 is 2.71 bits per heavy atom. The molecule has 1 spiro atoms. The van der Waals surface area contributed by atoms with Crippen molar-refractivity contribution in [2.75, 3.05) is 7.11 Å². The van der Waals surface area contributed by atoms with Crippen LogP contribution in [-0.4, -0.2) is 31.0 Å². The third kappa shape index (κ3) is 1.81. The van der Waals surface area contributed by atoms with Crippen LogP contribution in [0.5, 0.6) is 0 Å². The summed E-state index contributed by atoms with van der Waals surface area (Å²) < 4.78 is 18.1. The molecule has 1 aliphatic carbocycles. The van der Waals surface area contributed by atoms with Gasteiger partial charge in [-0.3, -0.25) is 4.84 Å². The van der Waals surface area contributed by atoms with Gasteiger partial charge in [-0.2, -0.15) is 5.48 Å². The number of rotatable bonds is 1. The molecule has 5 aliphatic rings. The molecule has 5 fully saturated rings. The smallest absolute Gasteiger partial charge is 0.187 e. The van der Waals surface area contributed by atoms with Crippen LogP contribution in [0.3, 0.4) is 0 Å². The van der Waals surface area contributed by atoms with Crippen molar-refractivity contribution in [1.82, 2.24) is 5.48 Å². The van der Waals surface area contributed by atoms with Crippen LogP contribution in [0.4, 0.5) is 0 Å². The molecule has 8 atom stereocenters. The summed E-state index contributed by atoms with van der Waals surface area (Å²) in [6.07, 6.45) is 4.01. The summed E-state index contributed by atoms with van der Waals surface area (Å²) in [7, 11) is 1.72. The van der Waals surface area contributed by atoms with Crippen molar-refractivity contribution in [3.05, 3.63) is 0 Å². The summed E-state index contributed by atoms with van der Waals surface area (Å²) in [6.45, 7) is 6.60. The van der Waals surface area contributed by atoms with Gasteiger partial charge in [0, 0.05) is 19.4 Å². The summed E-state index contributed by atoms with van der Waals surface area (Å²) in [5, 5.41) is 0. The number of hydroxylamine groups is 1. The average molecular weight is 297 g/mol. The van der Waals surface area contributed by atoms with E-state index in [1.165, 1.54) is 12.8 Å². The molecule has 5 rings (SSSR count). The third-order valence-electron chi connectivity index (χ3n) is 6.50. The molecular formula is C16H27NO4. The summed E-state index contributed by atoms with van der Waals surface area (Å²) in [4.78, 5) is 5.96. The second-order valence-electron chi connectivity index (χ2n) is 7.63. The predicted molar refractivity (Wildman–Crippen MR) is 75.9 cm³/mol. The predicted octanol–water partition coefficient (Wildman–Crippen LogP) is 2.41. The van der Waals surface area contributed by atoms with E-state index in [9.17, 15) is 0 Å². The first-order chi connectivity index (χ1) is 10.00. The standard InChI is InChI=1S/C16H27NO4/c1-9-5-6-12-10(2)13(18-4)19-14-16(12)11(9)7-8-15(3,20-14)21-17-16/h9-14,17H,5-8H2,1-4H3/t9-,10-,11+,12+,13+,14-,15-,16-/m1/s1. The van der Waals surface area contributed by atoms with E-state index >= 15 is 0 Å². The van der Waals surface area contributed by atoms with Crippen LogP contribution < -0.4 is 5.48 Å². The second kappa shape index (κ2) is 4.65. The van der Waals surface area contributed by atoms with Gasteiger partial charge in [0.05, 0.1) is 0 Å². The van der Waals surface area contributed by atoms with Gasteiger partial charge in [-0.25, -0.2) is 0 Å². The minimum atomic E-state index is -0.587. The molecule has 5 nitrogen and oxygen atoms in total. The van der Waals surface area contributed by atoms with Crippen molar-refractivity contribution in [2.45, 2.75) is 70.4 Å². The molecule has 120 valence electrons. The van der Waals surface area contributed by atoms with Crippen molar-refractivity contribution in [1.29, 1.82) is 0 Å². The Morgan fingerprint density at radius 2 is 1.95 bits per heavy atom. The number of ether oxygens (including phenoxy) is 3. The zero-order valence-electron chi connectivity index (χ0n) is 13.4. The van der Waals surface area contributed by atoms with E-state index in [1.54, 1.807) is 7.11 Å². The highest BCUT2D eigenvalue weighted by Crippen LogP contribution is 2.58. The molecule has 0 aromatic heterocycles. The zero-order valence-corrected chi connectivity index (χ0v) is 13.4. The van der Waals surface area contributed by atoms with Gasteiger partial charge in [0.25, 0.3) is 0 Å². The molecule has 2 bridgehead atoms. The molecule has 0 unspecified atom stereocenters. The molecular weight excluding hydrogens is 270 g/mol. The minimum Gasteiger partial charge on any atom is -0.355 e. The lowest BCUT2D eigenvalue weighted by atomic mass is 9.56. The highest BCUT2D eigenvalue weighted by atomic mass is 16.9. The first-order valence-corrected chi connectivity index (χ1v) is 8.31. The Labute approximate surface area is 126 Å². The van der Waals surface area contributed by atoms with Crippen LogP contribution in [0.2, 0.25) is 0 Å². The molecule has 1 N–H and O–H groups in total. The van der Waals surface area contributed by atoms with E-state index in [2.05, 4.69) is 19.3 Å². The Morgan fingerprint density at radius 1 is 1.14 bits per heavy atom. The molecule has 1 saturated carbocycles. The summed E-state index contributed by atoms with van der Waals surface area (Å²) in [6, 6.07) is 0. The Bertz CT molecular complexity index is 433. The number of fused-ring (bicyclic) bond motifs is 2. The fourth-order valence-corrected chi connectivity index (χ4v) is 5.32. The van der Waals surface area contributed by atoms with Crippen molar-refractivity contribution in [2.24, 2.45) is 23.7 Å². The van der Waals surface area contributed by atoms with E-state index in [1.807, 2.05) is 6.92 Å². The maximum Gasteiger partial charge on any atom is 0.187 e. The lowest BCUT2D eigenvalue weighted by Gasteiger charge is -2.61. The Kier molecular flexibility index (Phi) is 3.19. The van der Waals surface area contributed by atoms with Gasteiger partial charge < -0.3 is 14.2 Å². The fraction of sp³-hybridized carbons (Fsp3) is 1.00. The van der Waals surface area contributed by atoms with Crippen LogP contribution in [-0.2, 0) is 19.0 Å². The monoisotopic (exact) mass is 297 g/mol. The van der Waals surface area contributed by atoms with Crippen LogP contribution in [0.15, 0.2) is 0 Å². The van der Waals surface area contributed by atoms with Gasteiger partial charge in [0.1, 0.15) is 5.54 Å². The molecule has 0 amide bonds. The summed E-state index contributed by atoms with van der Waals surface area (Å²) in [5.41, 5.74) is 3.22. The van der Waals surface area contributed by atoms with Crippen LogP contribution in [0, 0.1) is 23.7 Å². The number of nitrogens with one attached hydrogen (secondary N) is 1. The molecule has 4 saturated heterocycles. The van der Waals surface area contributed by atoms with Gasteiger partial charge in [0.15, 0.2) is 18.4 Å². The number of methoxy groups -OCH3 is 1. The topological polar surface area (TPSA) is 49.0 Å². The molecule has 21 heavy (non-hydrogen) atoms.